The average molecular weight is 290 g/mol. The Bertz CT molecular complexity index is 803. The fourth-order valence-electron chi connectivity index (χ4n) is 2.00. The molecule has 2 aromatic heterocycles. The number of aromatic amines is 2. The molecule has 3 rings (SSSR count). The largest absolute Gasteiger partial charge is 0.366 e. The van der Waals surface area contributed by atoms with Crippen LogP contribution in [-0.2, 0) is 6.54 Å². The Hall–Kier alpha value is -2.34. The molecule has 6 nitrogen and oxygen atoms in total. The van der Waals surface area contributed by atoms with Gasteiger partial charge in [0.2, 0.25) is 0 Å². The Morgan fingerprint density at radius 1 is 1.20 bits per heavy atom. The lowest BCUT2D eigenvalue weighted by Gasteiger charge is -2.06. The smallest absolute Gasteiger partial charge is 0.323 e. The molecule has 20 heavy (non-hydrogen) atoms. The van der Waals surface area contributed by atoms with Gasteiger partial charge in [-0.05, 0) is 24.6 Å². The van der Waals surface area contributed by atoms with Crippen LogP contribution in [0.25, 0.3) is 11.0 Å². The first-order chi connectivity index (χ1) is 9.60. The second kappa shape index (κ2) is 4.97. The first-order valence-electron chi connectivity index (χ1n) is 6.06. The highest BCUT2D eigenvalue weighted by Gasteiger charge is 2.02. The van der Waals surface area contributed by atoms with Gasteiger partial charge in [0, 0.05) is 12.6 Å². The van der Waals surface area contributed by atoms with Gasteiger partial charge in [0.25, 0.3) is 0 Å². The predicted octanol–water partition coefficient (Wildman–Crippen LogP) is 2.22. The number of nitrogens with zero attached hydrogens (tertiary/aromatic N) is 2. The lowest BCUT2D eigenvalue weighted by atomic mass is 10.2. The summed E-state index contributed by atoms with van der Waals surface area (Å²) >= 11 is 5.88. The average Bonchev–Trinajstić information content (AvgIpc) is 2.74. The van der Waals surface area contributed by atoms with E-state index in [-0.39, 0.29) is 5.69 Å². The molecule has 0 unspecified atom stereocenters. The van der Waals surface area contributed by atoms with Gasteiger partial charge in [0.1, 0.15) is 16.8 Å². The van der Waals surface area contributed by atoms with Crippen LogP contribution < -0.4 is 11.0 Å². The van der Waals surface area contributed by atoms with Crippen molar-refractivity contribution in [3.8, 4) is 0 Å². The van der Waals surface area contributed by atoms with Gasteiger partial charge in [-0.25, -0.2) is 14.8 Å². The summed E-state index contributed by atoms with van der Waals surface area (Å²) in [6.07, 6.45) is 0. The number of benzene rings is 1. The molecule has 3 aromatic rings. The lowest BCUT2D eigenvalue weighted by molar-refractivity contribution is 1.02. The quantitative estimate of drug-likeness (QED) is 0.645. The number of aromatic nitrogens is 4. The molecule has 1 aromatic carbocycles. The zero-order valence-corrected chi connectivity index (χ0v) is 11.5. The third-order valence-corrected chi connectivity index (χ3v) is 3.05. The molecule has 0 fully saturated rings. The van der Waals surface area contributed by atoms with Crippen molar-refractivity contribution in [3.05, 3.63) is 51.3 Å². The van der Waals surface area contributed by atoms with Crippen LogP contribution in [-0.4, -0.2) is 19.9 Å². The first kappa shape index (κ1) is 12.7. The molecule has 0 saturated carbocycles. The number of hydrogen-bond donors (Lipinski definition) is 3. The summed E-state index contributed by atoms with van der Waals surface area (Å²) < 4.78 is 0. The van der Waals surface area contributed by atoms with Gasteiger partial charge in [0.15, 0.2) is 0 Å². The van der Waals surface area contributed by atoms with Gasteiger partial charge in [-0.15, -0.1) is 0 Å². The van der Waals surface area contributed by atoms with E-state index in [4.69, 9.17) is 11.6 Å². The van der Waals surface area contributed by atoms with E-state index in [1.165, 1.54) is 0 Å². The van der Waals surface area contributed by atoms with E-state index in [2.05, 4.69) is 25.3 Å². The van der Waals surface area contributed by atoms with Crippen molar-refractivity contribution in [2.24, 2.45) is 0 Å². The maximum atomic E-state index is 11.2. The lowest BCUT2D eigenvalue weighted by Crippen LogP contribution is -2.03. The van der Waals surface area contributed by atoms with Crippen molar-refractivity contribution >= 4 is 28.5 Å². The van der Waals surface area contributed by atoms with E-state index in [0.29, 0.717) is 23.3 Å². The highest BCUT2D eigenvalue weighted by atomic mass is 35.5. The van der Waals surface area contributed by atoms with Crippen LogP contribution in [0.3, 0.4) is 0 Å². The van der Waals surface area contributed by atoms with Crippen LogP contribution in [0.2, 0.25) is 5.15 Å². The predicted molar refractivity (Wildman–Crippen MR) is 78.0 cm³/mol. The fourth-order valence-corrected chi connectivity index (χ4v) is 2.23. The molecular formula is C13H12ClN5O. The molecule has 0 bridgehead atoms. The Morgan fingerprint density at radius 2 is 2.00 bits per heavy atom. The number of rotatable bonds is 3. The molecule has 0 radical (unpaired) electrons. The Morgan fingerprint density at radius 3 is 2.80 bits per heavy atom. The molecule has 0 atom stereocenters. The third kappa shape index (κ3) is 2.65. The van der Waals surface area contributed by atoms with Gasteiger partial charge in [0.05, 0.1) is 11.0 Å². The van der Waals surface area contributed by atoms with Crippen LogP contribution in [0.5, 0.6) is 0 Å². The van der Waals surface area contributed by atoms with E-state index < -0.39 is 0 Å². The zero-order chi connectivity index (χ0) is 14.1. The minimum atomic E-state index is -0.205. The van der Waals surface area contributed by atoms with Crippen LogP contribution in [0.15, 0.2) is 29.1 Å². The van der Waals surface area contributed by atoms with Crippen molar-refractivity contribution in [3.63, 3.8) is 0 Å². The molecule has 2 heterocycles. The summed E-state index contributed by atoms with van der Waals surface area (Å²) in [5, 5.41) is 3.58. The highest BCUT2D eigenvalue weighted by molar-refractivity contribution is 6.29. The topological polar surface area (TPSA) is 86.5 Å². The van der Waals surface area contributed by atoms with Crippen molar-refractivity contribution in [2.45, 2.75) is 13.5 Å². The maximum Gasteiger partial charge on any atom is 0.323 e. The number of aryl methyl sites for hydroxylation is 1. The SMILES string of the molecule is Cc1nc(Cl)cc(NCc2ccc3[nH]c(=O)[nH]c3c2)n1. The summed E-state index contributed by atoms with van der Waals surface area (Å²) in [5.74, 6) is 1.29. The molecule has 3 N–H and O–H groups in total. The minimum absolute atomic E-state index is 0.205. The number of hydrogen-bond acceptors (Lipinski definition) is 4. The highest BCUT2D eigenvalue weighted by Crippen LogP contribution is 2.14. The third-order valence-electron chi connectivity index (χ3n) is 2.86. The Balaban J connectivity index is 1.80. The standard InChI is InChI=1S/C13H12ClN5O/c1-7-16-11(14)5-12(17-7)15-6-8-2-3-9-10(4-8)19-13(20)18-9/h2-5H,6H2,1H3,(H,15,16,17)(H2,18,19,20). The number of halogens is 1. The number of H-pyrrole nitrogens is 2. The number of imidazole rings is 1. The second-order valence-corrected chi connectivity index (χ2v) is 4.82. The van der Waals surface area contributed by atoms with Crippen LogP contribution in [0.4, 0.5) is 5.82 Å². The van der Waals surface area contributed by atoms with Crippen molar-refractivity contribution in [2.75, 3.05) is 5.32 Å². The molecule has 0 aliphatic heterocycles. The maximum absolute atomic E-state index is 11.2. The van der Waals surface area contributed by atoms with Gasteiger partial charge < -0.3 is 15.3 Å². The minimum Gasteiger partial charge on any atom is -0.366 e. The van der Waals surface area contributed by atoms with Crippen molar-refractivity contribution in [1.82, 2.24) is 19.9 Å². The zero-order valence-electron chi connectivity index (χ0n) is 10.7. The monoisotopic (exact) mass is 289 g/mol. The van der Waals surface area contributed by atoms with Gasteiger partial charge in [-0.1, -0.05) is 17.7 Å². The van der Waals surface area contributed by atoms with Crippen LogP contribution in [0.1, 0.15) is 11.4 Å². The Kier molecular flexibility index (Phi) is 3.15. The summed E-state index contributed by atoms with van der Waals surface area (Å²) in [4.78, 5) is 24.9. The van der Waals surface area contributed by atoms with E-state index in [0.717, 1.165) is 16.6 Å². The first-order valence-corrected chi connectivity index (χ1v) is 6.44. The molecule has 0 aliphatic rings. The summed E-state index contributed by atoms with van der Waals surface area (Å²) in [7, 11) is 0. The van der Waals surface area contributed by atoms with E-state index in [1.807, 2.05) is 18.2 Å². The molecule has 0 saturated heterocycles. The number of anilines is 1. The summed E-state index contributed by atoms with van der Waals surface area (Å²) in [5.41, 5.74) is 2.40. The van der Waals surface area contributed by atoms with Gasteiger partial charge in [-0.3, -0.25) is 0 Å². The van der Waals surface area contributed by atoms with Crippen molar-refractivity contribution < 1.29 is 0 Å². The normalized spacial score (nSPS) is 10.9. The van der Waals surface area contributed by atoms with E-state index in [1.54, 1.807) is 13.0 Å². The molecule has 0 amide bonds. The number of nitrogens with one attached hydrogen (secondary N) is 3. The summed E-state index contributed by atoms with van der Waals surface area (Å²) in [6.45, 7) is 2.36. The second-order valence-electron chi connectivity index (χ2n) is 4.44. The molecule has 0 aliphatic carbocycles. The summed E-state index contributed by atoms with van der Waals surface area (Å²) in [6, 6.07) is 7.39. The van der Waals surface area contributed by atoms with Gasteiger partial charge in [-0.2, -0.15) is 0 Å². The number of fused-ring (bicyclic) bond motifs is 1. The molecule has 102 valence electrons. The van der Waals surface area contributed by atoms with Crippen LogP contribution in [0, 0.1) is 6.92 Å². The molecular weight excluding hydrogens is 278 g/mol. The van der Waals surface area contributed by atoms with Gasteiger partial charge >= 0.3 is 5.69 Å². The fraction of sp³-hybridized carbons (Fsp3) is 0.154. The van der Waals surface area contributed by atoms with E-state index >= 15 is 0 Å². The Labute approximate surface area is 119 Å². The van der Waals surface area contributed by atoms with Crippen LogP contribution >= 0.6 is 11.6 Å². The van der Waals surface area contributed by atoms with Crippen molar-refractivity contribution in [1.29, 1.82) is 0 Å². The molecule has 0 spiro atoms. The van der Waals surface area contributed by atoms with E-state index in [9.17, 15) is 4.79 Å². The molecule has 7 heteroatoms.